The molecular formula is C10H11O2. The minimum Gasteiger partial charge on any atom is -0.496 e. The molecule has 1 heterocycles. The van der Waals surface area contributed by atoms with Gasteiger partial charge in [0.2, 0.25) is 0 Å². The van der Waals surface area contributed by atoms with Gasteiger partial charge in [-0.3, -0.25) is 0 Å². The van der Waals surface area contributed by atoms with Crippen molar-refractivity contribution >= 4 is 0 Å². The maximum atomic E-state index is 5.11. The van der Waals surface area contributed by atoms with Crippen molar-refractivity contribution in [3.8, 4) is 5.75 Å². The zero-order valence-corrected chi connectivity index (χ0v) is 7.04. The first kappa shape index (κ1) is 7.62. The Balaban J connectivity index is 2.19. The molecule has 0 unspecified atom stereocenters. The average molecular weight is 163 g/mol. The van der Waals surface area contributed by atoms with Gasteiger partial charge >= 0.3 is 0 Å². The van der Waals surface area contributed by atoms with E-state index in [9.17, 15) is 0 Å². The molecule has 1 aromatic carbocycles. The Morgan fingerprint density at radius 2 is 2.42 bits per heavy atom. The fourth-order valence-electron chi connectivity index (χ4n) is 1.26. The van der Waals surface area contributed by atoms with Crippen LogP contribution >= 0.6 is 0 Å². The highest BCUT2D eigenvalue weighted by Crippen LogP contribution is 2.26. The van der Waals surface area contributed by atoms with E-state index in [1.807, 2.05) is 12.1 Å². The molecule has 0 aromatic heterocycles. The van der Waals surface area contributed by atoms with E-state index in [1.54, 1.807) is 7.11 Å². The van der Waals surface area contributed by atoms with Crippen molar-refractivity contribution in [2.75, 3.05) is 20.3 Å². The Labute approximate surface area is 72.1 Å². The highest BCUT2D eigenvalue weighted by molar-refractivity contribution is 5.30. The van der Waals surface area contributed by atoms with E-state index in [0.717, 1.165) is 19.0 Å². The number of rotatable bonds is 2. The van der Waals surface area contributed by atoms with Gasteiger partial charge in [0.1, 0.15) is 5.75 Å². The van der Waals surface area contributed by atoms with Crippen LogP contribution in [-0.2, 0) is 4.74 Å². The summed E-state index contributed by atoms with van der Waals surface area (Å²) >= 11 is 0. The molecule has 0 spiro atoms. The molecule has 2 nitrogen and oxygen atoms in total. The molecule has 0 amide bonds. The molecule has 1 aliphatic heterocycles. The summed E-state index contributed by atoms with van der Waals surface area (Å²) in [4.78, 5) is 0. The molecule has 12 heavy (non-hydrogen) atoms. The molecule has 0 bridgehead atoms. The summed E-state index contributed by atoms with van der Waals surface area (Å²) in [5.74, 6) is 1.37. The summed E-state index contributed by atoms with van der Waals surface area (Å²) in [6.07, 6.45) is 0. The third kappa shape index (κ3) is 1.30. The van der Waals surface area contributed by atoms with Crippen LogP contribution in [0.3, 0.4) is 0 Å². The largest absolute Gasteiger partial charge is 0.496 e. The van der Waals surface area contributed by atoms with Crippen molar-refractivity contribution < 1.29 is 9.47 Å². The molecule has 63 valence electrons. The minimum atomic E-state index is 0.563. The second-order valence-corrected chi connectivity index (χ2v) is 2.92. The number of hydrogen-bond donors (Lipinski definition) is 0. The van der Waals surface area contributed by atoms with Crippen molar-refractivity contribution in [3.63, 3.8) is 0 Å². The van der Waals surface area contributed by atoms with Gasteiger partial charge in [-0.25, -0.2) is 0 Å². The lowest BCUT2D eigenvalue weighted by atomic mass is 9.98. The first-order chi connectivity index (χ1) is 5.90. The summed E-state index contributed by atoms with van der Waals surface area (Å²) in [5.41, 5.74) is 1.29. The molecule has 0 aliphatic carbocycles. The van der Waals surface area contributed by atoms with E-state index in [2.05, 4.69) is 12.1 Å². The van der Waals surface area contributed by atoms with Gasteiger partial charge < -0.3 is 9.47 Å². The quantitative estimate of drug-likeness (QED) is 0.659. The van der Waals surface area contributed by atoms with Crippen LogP contribution in [0.1, 0.15) is 11.5 Å². The molecule has 0 saturated carbocycles. The van der Waals surface area contributed by atoms with Crippen LogP contribution in [0.4, 0.5) is 0 Å². The van der Waals surface area contributed by atoms with Crippen molar-refractivity contribution in [2.45, 2.75) is 5.92 Å². The Morgan fingerprint density at radius 1 is 1.58 bits per heavy atom. The SMILES string of the molecule is COc1[c]ccc(C2COC2)c1. The van der Waals surface area contributed by atoms with E-state index < -0.39 is 0 Å². The number of hydrogen-bond acceptors (Lipinski definition) is 2. The lowest BCUT2D eigenvalue weighted by Crippen LogP contribution is -2.24. The summed E-state index contributed by atoms with van der Waals surface area (Å²) in [7, 11) is 1.66. The van der Waals surface area contributed by atoms with Crippen molar-refractivity contribution in [1.82, 2.24) is 0 Å². The molecule has 0 N–H and O–H groups in total. The fourth-order valence-corrected chi connectivity index (χ4v) is 1.26. The summed E-state index contributed by atoms with van der Waals surface area (Å²) < 4.78 is 10.2. The molecule has 1 aromatic rings. The molecule has 1 radical (unpaired) electrons. The van der Waals surface area contributed by atoms with Gasteiger partial charge in [0.05, 0.1) is 20.3 Å². The van der Waals surface area contributed by atoms with E-state index in [1.165, 1.54) is 5.56 Å². The molecule has 2 heteroatoms. The lowest BCUT2D eigenvalue weighted by molar-refractivity contribution is 0.00836. The van der Waals surface area contributed by atoms with Crippen LogP contribution in [0.15, 0.2) is 18.2 Å². The third-order valence-corrected chi connectivity index (χ3v) is 2.13. The van der Waals surface area contributed by atoms with Gasteiger partial charge in [0.15, 0.2) is 0 Å². The normalized spacial score (nSPS) is 17.1. The molecule has 0 atom stereocenters. The molecule has 1 saturated heterocycles. The van der Waals surface area contributed by atoms with Crippen LogP contribution in [0, 0.1) is 6.07 Å². The van der Waals surface area contributed by atoms with Gasteiger partial charge in [0, 0.05) is 12.0 Å². The summed E-state index contributed by atoms with van der Waals surface area (Å²) in [5, 5.41) is 0. The highest BCUT2D eigenvalue weighted by atomic mass is 16.5. The predicted octanol–water partition coefficient (Wildman–Crippen LogP) is 1.61. The van der Waals surface area contributed by atoms with Gasteiger partial charge in [0.25, 0.3) is 0 Å². The molecule has 2 rings (SSSR count). The van der Waals surface area contributed by atoms with Crippen LogP contribution in [0.5, 0.6) is 5.75 Å². The zero-order valence-electron chi connectivity index (χ0n) is 7.04. The Kier molecular flexibility index (Phi) is 2.00. The third-order valence-electron chi connectivity index (χ3n) is 2.13. The van der Waals surface area contributed by atoms with Crippen molar-refractivity contribution in [2.24, 2.45) is 0 Å². The maximum Gasteiger partial charge on any atom is 0.127 e. The highest BCUT2D eigenvalue weighted by Gasteiger charge is 2.20. The van der Waals surface area contributed by atoms with E-state index in [4.69, 9.17) is 9.47 Å². The van der Waals surface area contributed by atoms with Gasteiger partial charge in [-0.2, -0.15) is 0 Å². The Bertz CT molecular complexity index is 266. The van der Waals surface area contributed by atoms with Crippen LogP contribution in [0.2, 0.25) is 0 Å². The molecular weight excluding hydrogens is 152 g/mol. The van der Waals surface area contributed by atoms with Crippen LogP contribution < -0.4 is 4.74 Å². The predicted molar refractivity (Wildman–Crippen MR) is 45.4 cm³/mol. The lowest BCUT2D eigenvalue weighted by Gasteiger charge is -2.26. The first-order valence-electron chi connectivity index (χ1n) is 4.03. The topological polar surface area (TPSA) is 18.5 Å². The van der Waals surface area contributed by atoms with Gasteiger partial charge in [-0.15, -0.1) is 0 Å². The Hall–Kier alpha value is -1.02. The first-order valence-corrected chi connectivity index (χ1v) is 4.03. The monoisotopic (exact) mass is 163 g/mol. The van der Waals surface area contributed by atoms with E-state index >= 15 is 0 Å². The second-order valence-electron chi connectivity index (χ2n) is 2.92. The average Bonchev–Trinajstić information content (AvgIpc) is 2.02. The number of ether oxygens (including phenoxy) is 2. The maximum absolute atomic E-state index is 5.11. The van der Waals surface area contributed by atoms with E-state index in [0.29, 0.717) is 5.92 Å². The van der Waals surface area contributed by atoms with Crippen LogP contribution in [0.25, 0.3) is 0 Å². The van der Waals surface area contributed by atoms with Crippen molar-refractivity contribution in [3.05, 3.63) is 29.8 Å². The number of benzene rings is 1. The molecule has 1 fully saturated rings. The Morgan fingerprint density at radius 3 is 3.00 bits per heavy atom. The van der Waals surface area contributed by atoms with Crippen LogP contribution in [-0.4, -0.2) is 20.3 Å². The summed E-state index contributed by atoms with van der Waals surface area (Å²) in [6.45, 7) is 1.68. The zero-order chi connectivity index (χ0) is 8.39. The van der Waals surface area contributed by atoms with Crippen molar-refractivity contribution in [1.29, 1.82) is 0 Å². The van der Waals surface area contributed by atoms with E-state index in [-0.39, 0.29) is 0 Å². The minimum absolute atomic E-state index is 0.563. The standard InChI is InChI=1S/C10H11O2/c1-11-10-4-2-3-8(5-10)9-6-12-7-9/h2-3,5,9H,6-7H2,1H3. The van der Waals surface area contributed by atoms with Gasteiger partial charge in [-0.05, 0) is 11.6 Å². The number of methoxy groups -OCH3 is 1. The smallest absolute Gasteiger partial charge is 0.127 e. The fraction of sp³-hybridized carbons (Fsp3) is 0.400. The van der Waals surface area contributed by atoms with Gasteiger partial charge in [-0.1, -0.05) is 12.1 Å². The second kappa shape index (κ2) is 3.15. The molecule has 1 aliphatic rings. The summed E-state index contributed by atoms with van der Waals surface area (Å²) in [6, 6.07) is 8.98.